The molecule has 2 rings (SSSR count). The minimum Gasteiger partial charge on any atom is -0.354 e. The predicted octanol–water partition coefficient (Wildman–Crippen LogP) is 2.68. The van der Waals surface area contributed by atoms with E-state index >= 15 is 0 Å². The van der Waals surface area contributed by atoms with Crippen molar-refractivity contribution >= 4 is 17.4 Å². The van der Waals surface area contributed by atoms with E-state index in [-0.39, 0.29) is 5.82 Å². The van der Waals surface area contributed by atoms with Crippen molar-refractivity contribution < 1.29 is 4.39 Å². The SMILES string of the molecule is Fc1cccnc1N1CCCC(CCl)C1. The molecule has 2 heterocycles. The van der Waals surface area contributed by atoms with Gasteiger partial charge in [0.1, 0.15) is 0 Å². The zero-order chi connectivity index (χ0) is 10.7. The smallest absolute Gasteiger partial charge is 0.165 e. The molecule has 4 heteroatoms. The van der Waals surface area contributed by atoms with E-state index in [2.05, 4.69) is 4.98 Å². The Morgan fingerprint density at radius 2 is 2.47 bits per heavy atom. The van der Waals surface area contributed by atoms with E-state index in [0.29, 0.717) is 17.6 Å². The van der Waals surface area contributed by atoms with Crippen LogP contribution in [0.1, 0.15) is 12.8 Å². The normalized spacial score (nSPS) is 21.7. The molecule has 1 atom stereocenters. The summed E-state index contributed by atoms with van der Waals surface area (Å²) in [5.41, 5.74) is 0. The highest BCUT2D eigenvalue weighted by Crippen LogP contribution is 2.23. The Hall–Kier alpha value is -0.830. The predicted molar refractivity (Wildman–Crippen MR) is 59.9 cm³/mol. The van der Waals surface area contributed by atoms with Crippen molar-refractivity contribution in [3.63, 3.8) is 0 Å². The summed E-state index contributed by atoms with van der Waals surface area (Å²) >= 11 is 5.83. The topological polar surface area (TPSA) is 16.1 Å². The fraction of sp³-hybridized carbons (Fsp3) is 0.545. The number of pyridine rings is 1. The number of nitrogens with zero attached hydrogens (tertiary/aromatic N) is 2. The number of alkyl halides is 1. The fourth-order valence-electron chi connectivity index (χ4n) is 1.99. The van der Waals surface area contributed by atoms with E-state index < -0.39 is 0 Å². The lowest BCUT2D eigenvalue weighted by Crippen LogP contribution is -2.37. The molecule has 1 aromatic heterocycles. The summed E-state index contributed by atoms with van der Waals surface area (Å²) in [6, 6.07) is 3.06. The Morgan fingerprint density at radius 3 is 3.20 bits per heavy atom. The third-order valence-corrected chi connectivity index (χ3v) is 3.21. The van der Waals surface area contributed by atoms with Gasteiger partial charge >= 0.3 is 0 Å². The van der Waals surface area contributed by atoms with Gasteiger partial charge in [0.25, 0.3) is 0 Å². The minimum absolute atomic E-state index is 0.243. The van der Waals surface area contributed by atoms with E-state index in [0.717, 1.165) is 25.9 Å². The van der Waals surface area contributed by atoms with Crippen LogP contribution in [0.3, 0.4) is 0 Å². The second-order valence-electron chi connectivity index (χ2n) is 3.92. The zero-order valence-corrected chi connectivity index (χ0v) is 9.25. The lowest BCUT2D eigenvalue weighted by atomic mass is 10.0. The number of rotatable bonds is 2. The molecule has 15 heavy (non-hydrogen) atoms. The summed E-state index contributed by atoms with van der Waals surface area (Å²) < 4.78 is 13.5. The van der Waals surface area contributed by atoms with Crippen molar-refractivity contribution in [1.29, 1.82) is 0 Å². The van der Waals surface area contributed by atoms with E-state index in [1.807, 2.05) is 4.90 Å². The molecule has 0 aromatic carbocycles. The summed E-state index contributed by atoms with van der Waals surface area (Å²) in [6.07, 6.45) is 3.82. The van der Waals surface area contributed by atoms with Crippen molar-refractivity contribution in [1.82, 2.24) is 4.98 Å². The van der Waals surface area contributed by atoms with Crippen LogP contribution in [0.15, 0.2) is 18.3 Å². The van der Waals surface area contributed by atoms with Gasteiger partial charge in [0.15, 0.2) is 11.6 Å². The second kappa shape index (κ2) is 4.79. The first kappa shape index (κ1) is 10.7. The van der Waals surface area contributed by atoms with Gasteiger partial charge in [-0.25, -0.2) is 9.37 Å². The van der Waals surface area contributed by atoms with Crippen molar-refractivity contribution in [2.24, 2.45) is 5.92 Å². The van der Waals surface area contributed by atoms with Gasteiger partial charge in [0, 0.05) is 25.2 Å². The largest absolute Gasteiger partial charge is 0.354 e. The lowest BCUT2D eigenvalue weighted by Gasteiger charge is -2.32. The molecule has 0 aliphatic carbocycles. The van der Waals surface area contributed by atoms with Gasteiger partial charge in [-0.05, 0) is 30.9 Å². The molecular formula is C11H14ClFN2. The number of piperidine rings is 1. The molecule has 0 saturated carbocycles. The highest BCUT2D eigenvalue weighted by Gasteiger charge is 2.21. The van der Waals surface area contributed by atoms with E-state index in [9.17, 15) is 4.39 Å². The van der Waals surface area contributed by atoms with Gasteiger partial charge in [-0.2, -0.15) is 0 Å². The molecule has 1 saturated heterocycles. The maximum Gasteiger partial charge on any atom is 0.165 e. The third kappa shape index (κ3) is 2.40. The average molecular weight is 229 g/mol. The number of hydrogen-bond acceptors (Lipinski definition) is 2. The second-order valence-corrected chi connectivity index (χ2v) is 4.23. The average Bonchev–Trinajstić information content (AvgIpc) is 2.30. The number of aromatic nitrogens is 1. The Morgan fingerprint density at radius 1 is 1.60 bits per heavy atom. The van der Waals surface area contributed by atoms with Crippen LogP contribution in [0.5, 0.6) is 0 Å². The standard InChI is InChI=1S/C11H14ClFN2/c12-7-9-3-2-6-15(8-9)11-10(13)4-1-5-14-11/h1,4-5,9H,2-3,6-8H2. The lowest BCUT2D eigenvalue weighted by molar-refractivity contribution is 0.443. The number of halogens is 2. The summed E-state index contributed by atoms with van der Waals surface area (Å²) in [5.74, 6) is 1.33. The summed E-state index contributed by atoms with van der Waals surface area (Å²) in [6.45, 7) is 1.69. The molecule has 1 aliphatic heterocycles. The molecule has 1 unspecified atom stereocenters. The Balaban J connectivity index is 2.13. The van der Waals surface area contributed by atoms with Gasteiger partial charge in [-0.3, -0.25) is 0 Å². The van der Waals surface area contributed by atoms with Gasteiger partial charge in [-0.1, -0.05) is 0 Å². The zero-order valence-electron chi connectivity index (χ0n) is 8.50. The number of hydrogen-bond donors (Lipinski definition) is 0. The molecule has 0 radical (unpaired) electrons. The van der Waals surface area contributed by atoms with Crippen LogP contribution in [0.25, 0.3) is 0 Å². The number of anilines is 1. The summed E-state index contributed by atoms with van der Waals surface area (Å²) in [4.78, 5) is 6.07. The highest BCUT2D eigenvalue weighted by molar-refractivity contribution is 6.18. The van der Waals surface area contributed by atoms with E-state index in [1.54, 1.807) is 12.3 Å². The van der Waals surface area contributed by atoms with Crippen LogP contribution >= 0.6 is 11.6 Å². The molecule has 0 bridgehead atoms. The molecular weight excluding hydrogens is 215 g/mol. The van der Waals surface area contributed by atoms with E-state index in [1.165, 1.54) is 6.07 Å². The van der Waals surface area contributed by atoms with Crippen LogP contribution in [-0.4, -0.2) is 24.0 Å². The van der Waals surface area contributed by atoms with E-state index in [4.69, 9.17) is 11.6 Å². The van der Waals surface area contributed by atoms with Gasteiger partial charge in [0.05, 0.1) is 0 Å². The first-order chi connectivity index (χ1) is 7.31. The summed E-state index contributed by atoms with van der Waals surface area (Å²) in [7, 11) is 0. The first-order valence-corrected chi connectivity index (χ1v) is 5.76. The monoisotopic (exact) mass is 228 g/mol. The Kier molecular flexibility index (Phi) is 3.41. The van der Waals surface area contributed by atoms with Gasteiger partial charge < -0.3 is 4.90 Å². The molecule has 2 nitrogen and oxygen atoms in total. The first-order valence-electron chi connectivity index (χ1n) is 5.22. The van der Waals surface area contributed by atoms with Crippen LogP contribution in [0.2, 0.25) is 0 Å². The summed E-state index contributed by atoms with van der Waals surface area (Å²) in [5, 5.41) is 0. The molecule has 1 fully saturated rings. The minimum atomic E-state index is -0.243. The van der Waals surface area contributed by atoms with Crippen LogP contribution in [0.4, 0.5) is 10.2 Å². The Labute approximate surface area is 94.1 Å². The van der Waals surface area contributed by atoms with Crippen LogP contribution < -0.4 is 4.90 Å². The van der Waals surface area contributed by atoms with Crippen molar-refractivity contribution in [2.75, 3.05) is 23.9 Å². The van der Waals surface area contributed by atoms with Crippen molar-refractivity contribution in [3.05, 3.63) is 24.1 Å². The van der Waals surface area contributed by atoms with Crippen molar-refractivity contribution in [2.45, 2.75) is 12.8 Å². The molecule has 0 spiro atoms. The van der Waals surface area contributed by atoms with Crippen LogP contribution in [0, 0.1) is 11.7 Å². The molecule has 1 aliphatic rings. The van der Waals surface area contributed by atoms with Crippen molar-refractivity contribution in [3.8, 4) is 0 Å². The molecule has 0 amide bonds. The molecule has 82 valence electrons. The quantitative estimate of drug-likeness (QED) is 0.724. The fourth-order valence-corrected chi connectivity index (χ4v) is 2.25. The highest BCUT2D eigenvalue weighted by atomic mass is 35.5. The van der Waals surface area contributed by atoms with Crippen LogP contribution in [-0.2, 0) is 0 Å². The molecule has 1 aromatic rings. The maximum absolute atomic E-state index is 13.5. The molecule has 0 N–H and O–H groups in total. The van der Waals surface area contributed by atoms with Gasteiger partial charge in [-0.15, -0.1) is 11.6 Å². The van der Waals surface area contributed by atoms with Gasteiger partial charge in [0.2, 0.25) is 0 Å². The third-order valence-electron chi connectivity index (χ3n) is 2.78. The maximum atomic E-state index is 13.5. The Bertz CT molecular complexity index is 332.